The van der Waals surface area contributed by atoms with Crippen LogP contribution in [0.4, 0.5) is 0 Å². The van der Waals surface area contributed by atoms with Crippen LogP contribution in [0.25, 0.3) is 22.2 Å². The summed E-state index contributed by atoms with van der Waals surface area (Å²) in [6.07, 6.45) is 16.7. The number of nitrogens with zero attached hydrogens (tertiary/aromatic N) is 4. The Labute approximate surface area is 209 Å². The van der Waals surface area contributed by atoms with Crippen LogP contribution in [0.15, 0.2) is 30.6 Å². The quantitative estimate of drug-likeness (QED) is 0.395. The average molecular weight is 476 g/mol. The first-order valence-electron chi connectivity index (χ1n) is 14.0. The van der Waals surface area contributed by atoms with E-state index in [9.17, 15) is 4.79 Å². The van der Waals surface area contributed by atoms with E-state index in [-0.39, 0.29) is 0 Å². The largest absolute Gasteiger partial charge is 0.340 e. The van der Waals surface area contributed by atoms with Crippen molar-refractivity contribution in [2.24, 2.45) is 5.92 Å². The molecule has 0 saturated heterocycles. The number of amides is 1. The molecule has 188 valence electrons. The van der Waals surface area contributed by atoms with E-state index in [1.165, 1.54) is 57.2 Å². The van der Waals surface area contributed by atoms with Crippen LogP contribution in [0.2, 0.25) is 0 Å². The zero-order chi connectivity index (χ0) is 24.2. The fraction of sp³-hybridized carbons (Fsp3) is 0.621. The topological polar surface area (TPSA) is 66.8 Å². The molecular weight excluding hydrogens is 434 g/mol. The van der Waals surface area contributed by atoms with E-state index >= 15 is 0 Å². The fourth-order valence-electron chi connectivity index (χ4n) is 6.49. The van der Waals surface area contributed by atoms with Crippen molar-refractivity contribution in [3.8, 4) is 11.1 Å². The third-order valence-corrected chi connectivity index (χ3v) is 8.62. The smallest absolute Gasteiger partial charge is 0.224 e. The minimum absolute atomic E-state index is 0.299. The van der Waals surface area contributed by atoms with Crippen molar-refractivity contribution >= 4 is 16.9 Å². The molecule has 0 atom stereocenters. The molecule has 0 aliphatic heterocycles. The first-order chi connectivity index (χ1) is 17.2. The number of carbonyl (C=O) groups is 1. The van der Waals surface area contributed by atoms with Crippen molar-refractivity contribution in [1.29, 1.82) is 0 Å². The van der Waals surface area contributed by atoms with Gasteiger partial charge in [-0.1, -0.05) is 38.7 Å². The van der Waals surface area contributed by atoms with Crippen molar-refractivity contribution < 1.29 is 4.79 Å². The van der Waals surface area contributed by atoms with Crippen molar-refractivity contribution in [3.63, 3.8) is 0 Å². The maximum absolute atomic E-state index is 13.4. The highest BCUT2D eigenvalue weighted by Crippen LogP contribution is 2.38. The Morgan fingerprint density at radius 3 is 2.54 bits per heavy atom. The van der Waals surface area contributed by atoms with Gasteiger partial charge in [0.15, 0.2) is 0 Å². The summed E-state index contributed by atoms with van der Waals surface area (Å²) in [5.41, 5.74) is 4.40. The van der Waals surface area contributed by atoms with Crippen LogP contribution in [0.5, 0.6) is 0 Å². The van der Waals surface area contributed by atoms with Gasteiger partial charge in [-0.2, -0.15) is 5.10 Å². The molecule has 0 radical (unpaired) electrons. The average Bonchev–Trinajstić information content (AvgIpc) is 3.57. The lowest BCUT2D eigenvalue weighted by Crippen LogP contribution is -2.41. The number of imidazole rings is 1. The molecular formula is C29H41N5O. The first-order valence-corrected chi connectivity index (χ1v) is 14.0. The number of fused-ring (bicyclic) bond motifs is 1. The predicted molar refractivity (Wildman–Crippen MR) is 141 cm³/mol. The molecule has 0 spiro atoms. The zero-order valence-electron chi connectivity index (χ0n) is 21.5. The maximum atomic E-state index is 13.4. The number of hydrogen-bond acceptors (Lipinski definition) is 3. The van der Waals surface area contributed by atoms with Gasteiger partial charge in [0.1, 0.15) is 5.82 Å². The Morgan fingerprint density at radius 2 is 1.86 bits per heavy atom. The third-order valence-electron chi connectivity index (χ3n) is 8.62. The predicted octanol–water partition coefficient (Wildman–Crippen LogP) is 6.68. The number of carbonyl (C=O) groups excluding carboxylic acids is 1. The van der Waals surface area contributed by atoms with Crippen LogP contribution in [0.1, 0.15) is 96.2 Å². The van der Waals surface area contributed by atoms with Crippen molar-refractivity contribution in [3.05, 3.63) is 36.4 Å². The molecule has 2 aliphatic carbocycles. The molecule has 0 unspecified atom stereocenters. The molecule has 6 heteroatoms. The van der Waals surface area contributed by atoms with Gasteiger partial charge in [-0.15, -0.1) is 0 Å². The van der Waals surface area contributed by atoms with E-state index in [1.807, 2.05) is 12.4 Å². The Kier molecular flexibility index (Phi) is 7.54. The third kappa shape index (κ3) is 5.17. The minimum Gasteiger partial charge on any atom is -0.340 e. The number of aromatic nitrogens is 4. The van der Waals surface area contributed by atoms with Crippen LogP contribution in [-0.4, -0.2) is 43.1 Å². The molecule has 0 bridgehead atoms. The highest BCUT2D eigenvalue weighted by molar-refractivity contribution is 5.83. The van der Waals surface area contributed by atoms with Gasteiger partial charge in [-0.25, -0.2) is 4.98 Å². The number of hydrogen-bond donors (Lipinski definition) is 1. The van der Waals surface area contributed by atoms with Gasteiger partial charge in [-0.05, 0) is 69.1 Å². The van der Waals surface area contributed by atoms with E-state index in [2.05, 4.69) is 51.7 Å². The summed E-state index contributed by atoms with van der Waals surface area (Å²) < 4.78 is 2.38. The molecule has 5 rings (SSSR count). The van der Waals surface area contributed by atoms with Gasteiger partial charge in [0.2, 0.25) is 5.91 Å². The standard InChI is InChI=1S/C29H41N5O/c1-3-21-10-12-22(13-11-21)29-32-26-15-14-23(24-19-30-31-20-24)18-27(26)34(29)17-16-28(35)33(4-2)25-8-6-5-7-9-25/h14-15,18-22,25H,3-13,16-17H2,1-2H3,(H,30,31)/t21-,22-. The maximum Gasteiger partial charge on any atom is 0.224 e. The molecule has 2 saturated carbocycles. The second-order valence-electron chi connectivity index (χ2n) is 10.7. The zero-order valence-corrected chi connectivity index (χ0v) is 21.5. The lowest BCUT2D eigenvalue weighted by atomic mass is 9.80. The van der Waals surface area contributed by atoms with E-state index in [1.54, 1.807) is 0 Å². The van der Waals surface area contributed by atoms with Gasteiger partial charge in [0.25, 0.3) is 0 Å². The number of H-pyrrole nitrogens is 1. The molecule has 1 amide bonds. The SMILES string of the molecule is CCN(C(=O)CCn1c2cc(-c3cn[nH]c3)ccc2nc1[C@H]1CC[C@H](CC)CC1)C1CCCCC1. The highest BCUT2D eigenvalue weighted by atomic mass is 16.2. The second kappa shape index (κ2) is 11.0. The monoisotopic (exact) mass is 475 g/mol. The molecule has 6 nitrogen and oxygen atoms in total. The van der Waals surface area contributed by atoms with Gasteiger partial charge < -0.3 is 9.47 Å². The molecule has 1 N–H and O–H groups in total. The summed E-state index contributed by atoms with van der Waals surface area (Å²) in [6, 6.07) is 6.93. The highest BCUT2D eigenvalue weighted by Gasteiger charge is 2.28. The molecule has 2 aromatic heterocycles. The van der Waals surface area contributed by atoms with Crippen LogP contribution in [0.3, 0.4) is 0 Å². The summed E-state index contributed by atoms with van der Waals surface area (Å²) in [7, 11) is 0. The van der Waals surface area contributed by atoms with E-state index in [0.717, 1.165) is 47.5 Å². The number of nitrogens with one attached hydrogen (secondary N) is 1. The van der Waals surface area contributed by atoms with Crippen molar-refractivity contribution in [2.75, 3.05) is 6.54 Å². The summed E-state index contributed by atoms with van der Waals surface area (Å²) in [5.74, 6) is 2.82. The Bertz CT molecular complexity index is 1100. The molecule has 2 aliphatic rings. The minimum atomic E-state index is 0.299. The van der Waals surface area contributed by atoms with Gasteiger partial charge in [0.05, 0.1) is 17.2 Å². The van der Waals surface area contributed by atoms with Gasteiger partial charge in [0, 0.05) is 43.2 Å². The molecule has 3 aromatic rings. The van der Waals surface area contributed by atoms with Crippen LogP contribution < -0.4 is 0 Å². The summed E-state index contributed by atoms with van der Waals surface area (Å²) in [4.78, 5) is 20.7. The van der Waals surface area contributed by atoms with E-state index in [0.29, 0.717) is 30.8 Å². The Hall–Kier alpha value is -2.63. The van der Waals surface area contributed by atoms with E-state index < -0.39 is 0 Å². The Balaban J connectivity index is 1.42. The fourth-order valence-corrected chi connectivity index (χ4v) is 6.49. The van der Waals surface area contributed by atoms with Gasteiger partial charge in [-0.3, -0.25) is 9.89 Å². The van der Waals surface area contributed by atoms with Gasteiger partial charge >= 0.3 is 0 Å². The number of rotatable bonds is 8. The Morgan fingerprint density at radius 1 is 1.06 bits per heavy atom. The first kappa shape index (κ1) is 24.1. The number of aromatic amines is 1. The van der Waals surface area contributed by atoms with Crippen LogP contribution in [0, 0.1) is 5.92 Å². The van der Waals surface area contributed by atoms with Crippen LogP contribution in [-0.2, 0) is 11.3 Å². The molecule has 2 fully saturated rings. The molecule has 1 aromatic carbocycles. The second-order valence-corrected chi connectivity index (χ2v) is 10.7. The number of aryl methyl sites for hydroxylation is 1. The number of benzene rings is 1. The molecule has 2 heterocycles. The van der Waals surface area contributed by atoms with Crippen molar-refractivity contribution in [1.82, 2.24) is 24.6 Å². The summed E-state index contributed by atoms with van der Waals surface area (Å²) in [5, 5.41) is 7.05. The lowest BCUT2D eigenvalue weighted by molar-refractivity contribution is -0.134. The normalized spacial score (nSPS) is 21.4. The summed E-state index contributed by atoms with van der Waals surface area (Å²) >= 11 is 0. The van der Waals surface area contributed by atoms with Crippen molar-refractivity contribution in [2.45, 2.75) is 103 Å². The molecule has 35 heavy (non-hydrogen) atoms. The van der Waals surface area contributed by atoms with Crippen LogP contribution >= 0.6 is 0 Å². The summed E-state index contributed by atoms with van der Waals surface area (Å²) in [6.45, 7) is 5.96. The lowest BCUT2D eigenvalue weighted by Gasteiger charge is -2.34. The van der Waals surface area contributed by atoms with E-state index in [4.69, 9.17) is 4.98 Å².